The van der Waals surface area contributed by atoms with Gasteiger partial charge in [0.15, 0.2) is 0 Å². The fourth-order valence-electron chi connectivity index (χ4n) is 1.98. The lowest BCUT2D eigenvalue weighted by Crippen LogP contribution is -2.23. The van der Waals surface area contributed by atoms with Crippen LogP contribution in [0.2, 0.25) is 0 Å². The minimum Gasteiger partial charge on any atom is -0.382 e. The maximum atomic E-state index is 11.2. The van der Waals surface area contributed by atoms with Crippen molar-refractivity contribution in [3.8, 4) is 0 Å². The number of likely N-dealkylation sites (N-methyl/N-ethyl adjacent to an activating group) is 1. The molecule has 1 aliphatic heterocycles. The zero-order valence-corrected chi connectivity index (χ0v) is 10.7. The number of carbonyl (C=O) groups excluding carboxylic acids is 1. The molecule has 1 fully saturated rings. The highest BCUT2D eigenvalue weighted by molar-refractivity contribution is 5.75. The quantitative estimate of drug-likeness (QED) is 0.799. The van der Waals surface area contributed by atoms with Gasteiger partial charge in [0.05, 0.1) is 11.9 Å². The van der Waals surface area contributed by atoms with Crippen LogP contribution in [0.5, 0.6) is 0 Å². The third-order valence-corrected chi connectivity index (χ3v) is 3.15. The van der Waals surface area contributed by atoms with Gasteiger partial charge in [-0.25, -0.2) is 0 Å². The van der Waals surface area contributed by atoms with Crippen molar-refractivity contribution in [3.05, 3.63) is 12.4 Å². The molecule has 0 aromatic carbocycles. The molecular formula is C12H20N4O2. The summed E-state index contributed by atoms with van der Waals surface area (Å²) in [6.07, 6.45) is 5.83. The van der Waals surface area contributed by atoms with Crippen molar-refractivity contribution in [1.29, 1.82) is 0 Å². The van der Waals surface area contributed by atoms with Crippen LogP contribution in [-0.4, -0.2) is 42.5 Å². The van der Waals surface area contributed by atoms with Crippen LogP contribution in [0.3, 0.4) is 0 Å². The molecule has 2 heterocycles. The largest absolute Gasteiger partial charge is 0.382 e. The normalized spacial score (nSPS) is 16.5. The second-order valence-corrected chi connectivity index (χ2v) is 4.54. The van der Waals surface area contributed by atoms with Crippen molar-refractivity contribution in [2.45, 2.75) is 19.4 Å². The van der Waals surface area contributed by atoms with Crippen LogP contribution in [0, 0.1) is 5.92 Å². The molecule has 0 spiro atoms. The minimum atomic E-state index is -0.0471. The first kappa shape index (κ1) is 12.9. The molecule has 0 saturated carbocycles. The second-order valence-electron chi connectivity index (χ2n) is 4.54. The van der Waals surface area contributed by atoms with E-state index in [1.54, 1.807) is 17.9 Å². The van der Waals surface area contributed by atoms with E-state index in [0.29, 0.717) is 5.92 Å². The van der Waals surface area contributed by atoms with Crippen LogP contribution >= 0.6 is 0 Å². The van der Waals surface area contributed by atoms with E-state index in [0.717, 1.165) is 38.3 Å². The molecule has 0 unspecified atom stereocenters. The van der Waals surface area contributed by atoms with Gasteiger partial charge in [0.25, 0.3) is 0 Å². The van der Waals surface area contributed by atoms with Gasteiger partial charge in [-0.05, 0) is 18.8 Å². The number of nitrogens with zero attached hydrogens (tertiary/aromatic N) is 2. The van der Waals surface area contributed by atoms with Crippen molar-refractivity contribution in [3.63, 3.8) is 0 Å². The zero-order chi connectivity index (χ0) is 12.8. The van der Waals surface area contributed by atoms with Crippen LogP contribution in [0.4, 0.5) is 5.69 Å². The molecule has 1 aliphatic rings. The lowest BCUT2D eigenvalue weighted by Gasteiger charge is -2.22. The van der Waals surface area contributed by atoms with Crippen LogP contribution in [-0.2, 0) is 16.1 Å². The van der Waals surface area contributed by atoms with Crippen molar-refractivity contribution in [2.75, 3.05) is 32.1 Å². The Kier molecular flexibility index (Phi) is 4.58. The maximum absolute atomic E-state index is 11.2. The van der Waals surface area contributed by atoms with Gasteiger partial charge in [-0.1, -0.05) is 0 Å². The van der Waals surface area contributed by atoms with Crippen LogP contribution in [0.15, 0.2) is 12.4 Å². The number of hydrogen-bond donors (Lipinski definition) is 2. The molecule has 0 aliphatic carbocycles. The average molecular weight is 252 g/mol. The van der Waals surface area contributed by atoms with Gasteiger partial charge in [-0.3, -0.25) is 9.48 Å². The predicted octanol–water partition coefficient (Wildman–Crippen LogP) is 0.468. The second kappa shape index (κ2) is 6.39. The average Bonchev–Trinajstić information content (AvgIpc) is 2.85. The third-order valence-electron chi connectivity index (χ3n) is 3.15. The van der Waals surface area contributed by atoms with Crippen LogP contribution in [0.25, 0.3) is 0 Å². The van der Waals surface area contributed by atoms with Crippen molar-refractivity contribution >= 4 is 11.6 Å². The molecule has 1 saturated heterocycles. The number of aromatic nitrogens is 2. The number of carbonyl (C=O) groups is 1. The summed E-state index contributed by atoms with van der Waals surface area (Å²) in [6, 6.07) is 0. The molecule has 6 heteroatoms. The Balaban J connectivity index is 1.77. The fourth-order valence-corrected chi connectivity index (χ4v) is 1.98. The van der Waals surface area contributed by atoms with Crippen molar-refractivity contribution in [2.24, 2.45) is 5.92 Å². The van der Waals surface area contributed by atoms with E-state index in [2.05, 4.69) is 15.7 Å². The third kappa shape index (κ3) is 3.73. The van der Waals surface area contributed by atoms with Crippen molar-refractivity contribution < 1.29 is 9.53 Å². The predicted molar refractivity (Wildman–Crippen MR) is 68.3 cm³/mol. The summed E-state index contributed by atoms with van der Waals surface area (Å²) in [7, 11) is 1.62. The summed E-state index contributed by atoms with van der Waals surface area (Å²) in [4.78, 5) is 11.2. The highest BCUT2D eigenvalue weighted by atomic mass is 16.5. The Morgan fingerprint density at radius 1 is 1.56 bits per heavy atom. The van der Waals surface area contributed by atoms with E-state index in [-0.39, 0.29) is 12.5 Å². The number of amides is 1. The zero-order valence-electron chi connectivity index (χ0n) is 10.7. The number of hydrogen-bond acceptors (Lipinski definition) is 4. The van der Waals surface area contributed by atoms with Gasteiger partial charge in [-0.15, -0.1) is 0 Å². The molecular weight excluding hydrogens is 232 g/mol. The Hall–Kier alpha value is -1.56. The fraction of sp³-hybridized carbons (Fsp3) is 0.667. The van der Waals surface area contributed by atoms with E-state index >= 15 is 0 Å². The van der Waals surface area contributed by atoms with Gasteiger partial charge in [0, 0.05) is 33.0 Å². The monoisotopic (exact) mass is 252 g/mol. The Labute approximate surface area is 107 Å². The smallest absolute Gasteiger partial charge is 0.241 e. The van der Waals surface area contributed by atoms with E-state index in [1.807, 2.05) is 6.20 Å². The van der Waals surface area contributed by atoms with Crippen molar-refractivity contribution in [1.82, 2.24) is 15.1 Å². The Morgan fingerprint density at radius 2 is 2.33 bits per heavy atom. The van der Waals surface area contributed by atoms with Crippen LogP contribution in [0.1, 0.15) is 12.8 Å². The number of rotatable bonds is 5. The van der Waals surface area contributed by atoms with Gasteiger partial charge in [0.2, 0.25) is 5.91 Å². The first-order valence-electron chi connectivity index (χ1n) is 6.32. The molecule has 0 bridgehead atoms. The molecule has 18 heavy (non-hydrogen) atoms. The molecule has 0 atom stereocenters. The standard InChI is InChI=1S/C12H20N4O2/c1-13-12(17)9-16-8-11(7-15-16)14-6-10-2-4-18-5-3-10/h7-8,10,14H,2-6,9H2,1H3,(H,13,17). The molecule has 6 nitrogen and oxygen atoms in total. The van der Waals surface area contributed by atoms with Gasteiger partial charge in [-0.2, -0.15) is 5.10 Å². The summed E-state index contributed by atoms with van der Waals surface area (Å²) >= 11 is 0. The molecule has 2 N–H and O–H groups in total. The number of anilines is 1. The lowest BCUT2D eigenvalue weighted by molar-refractivity contribution is -0.121. The molecule has 1 aromatic rings. The summed E-state index contributed by atoms with van der Waals surface area (Å²) in [5, 5.41) is 10.1. The first-order valence-corrected chi connectivity index (χ1v) is 6.32. The Bertz CT molecular complexity index is 385. The SMILES string of the molecule is CNC(=O)Cn1cc(NCC2CCOCC2)cn1. The molecule has 2 rings (SSSR count). The van der Waals surface area contributed by atoms with E-state index < -0.39 is 0 Å². The van der Waals surface area contributed by atoms with E-state index in [9.17, 15) is 4.79 Å². The summed E-state index contributed by atoms with van der Waals surface area (Å²) in [5.41, 5.74) is 0.963. The maximum Gasteiger partial charge on any atom is 0.241 e. The van der Waals surface area contributed by atoms with E-state index in [4.69, 9.17) is 4.74 Å². The topological polar surface area (TPSA) is 68.2 Å². The summed E-state index contributed by atoms with van der Waals surface area (Å²) < 4.78 is 6.95. The van der Waals surface area contributed by atoms with E-state index in [1.165, 1.54) is 0 Å². The van der Waals surface area contributed by atoms with Gasteiger partial charge >= 0.3 is 0 Å². The number of nitrogens with one attached hydrogen (secondary N) is 2. The van der Waals surface area contributed by atoms with Crippen LogP contribution < -0.4 is 10.6 Å². The minimum absolute atomic E-state index is 0.0471. The Morgan fingerprint density at radius 3 is 3.06 bits per heavy atom. The molecule has 1 aromatic heterocycles. The molecule has 0 radical (unpaired) electrons. The number of ether oxygens (including phenoxy) is 1. The lowest BCUT2D eigenvalue weighted by atomic mass is 10.0. The molecule has 1 amide bonds. The van der Waals surface area contributed by atoms with Gasteiger partial charge < -0.3 is 15.4 Å². The highest BCUT2D eigenvalue weighted by Crippen LogP contribution is 2.15. The summed E-state index contributed by atoms with van der Waals surface area (Å²) in [6.45, 7) is 2.93. The molecule has 100 valence electrons. The summed E-state index contributed by atoms with van der Waals surface area (Å²) in [5.74, 6) is 0.620. The van der Waals surface area contributed by atoms with Gasteiger partial charge in [0.1, 0.15) is 6.54 Å². The highest BCUT2D eigenvalue weighted by Gasteiger charge is 2.13. The first-order chi connectivity index (χ1) is 8.78.